The Morgan fingerprint density at radius 3 is 2.48 bits per heavy atom. The number of rotatable bonds is 6. The molecule has 0 saturated carbocycles. The average Bonchev–Trinajstić information content (AvgIpc) is 2.51. The lowest BCUT2D eigenvalue weighted by molar-refractivity contribution is 0.0128. The smallest absolute Gasteiger partial charge is 0.407 e. The molecule has 0 aliphatic carbocycles. The molecule has 0 spiro atoms. The zero-order valence-electron chi connectivity index (χ0n) is 14.7. The lowest BCUT2D eigenvalue weighted by atomic mass is 10.0. The number of esters is 1. The Hall–Kier alpha value is -2.19. The van der Waals surface area contributed by atoms with Crippen LogP contribution in [0.25, 0.3) is 0 Å². The molecule has 1 aromatic rings. The van der Waals surface area contributed by atoms with E-state index in [1.807, 2.05) is 0 Å². The highest BCUT2D eigenvalue weighted by Gasteiger charge is 2.23. The third-order valence-electron chi connectivity index (χ3n) is 3.05. The molecule has 1 amide bonds. The molecule has 2 unspecified atom stereocenters. The molecule has 2 atom stereocenters. The lowest BCUT2D eigenvalue weighted by Crippen LogP contribution is -2.38. The predicted octanol–water partition coefficient (Wildman–Crippen LogP) is 1.92. The van der Waals surface area contributed by atoms with Gasteiger partial charge < -0.3 is 25.0 Å². The summed E-state index contributed by atoms with van der Waals surface area (Å²) in [5.41, 5.74) is -0.923. The summed E-state index contributed by atoms with van der Waals surface area (Å²) in [7, 11) is 0. The fraction of sp³-hybridized carbons (Fsp3) is 0.529. The summed E-state index contributed by atoms with van der Waals surface area (Å²) in [6, 6.07) is 3.34. The first-order valence-electron chi connectivity index (χ1n) is 7.84. The molecule has 7 nitrogen and oxygen atoms in total. The molecule has 0 radical (unpaired) electrons. The van der Waals surface area contributed by atoms with Crippen molar-refractivity contribution in [1.82, 2.24) is 5.32 Å². The first-order chi connectivity index (χ1) is 11.5. The number of hydrogen-bond acceptors (Lipinski definition) is 6. The van der Waals surface area contributed by atoms with Gasteiger partial charge >= 0.3 is 12.1 Å². The molecule has 1 aromatic carbocycles. The maximum absolute atomic E-state index is 13.7. The molecule has 0 saturated heterocycles. The molecule has 3 N–H and O–H groups in total. The Morgan fingerprint density at radius 1 is 1.28 bits per heavy atom. The maximum atomic E-state index is 13.7. The average molecular weight is 357 g/mol. The highest BCUT2D eigenvalue weighted by molar-refractivity contribution is 5.89. The van der Waals surface area contributed by atoms with Crippen LogP contribution in [0.4, 0.5) is 9.18 Å². The van der Waals surface area contributed by atoms with Gasteiger partial charge in [0.2, 0.25) is 0 Å². The molecular formula is C17H24FNO6. The van der Waals surface area contributed by atoms with Crippen molar-refractivity contribution in [2.24, 2.45) is 0 Å². The van der Waals surface area contributed by atoms with Gasteiger partial charge in [-0.15, -0.1) is 0 Å². The first kappa shape index (κ1) is 20.9. The largest absolute Gasteiger partial charge is 0.462 e. The van der Waals surface area contributed by atoms with Crippen LogP contribution >= 0.6 is 0 Å². The van der Waals surface area contributed by atoms with Crippen LogP contribution in [0.2, 0.25) is 0 Å². The topological polar surface area (TPSA) is 105 Å². The van der Waals surface area contributed by atoms with E-state index in [1.54, 1.807) is 27.7 Å². The van der Waals surface area contributed by atoms with E-state index in [4.69, 9.17) is 9.47 Å². The molecule has 140 valence electrons. The van der Waals surface area contributed by atoms with E-state index in [1.165, 1.54) is 6.07 Å². The van der Waals surface area contributed by atoms with E-state index in [0.717, 1.165) is 12.1 Å². The summed E-state index contributed by atoms with van der Waals surface area (Å²) in [6.07, 6.45) is -3.57. The minimum Gasteiger partial charge on any atom is -0.462 e. The Kier molecular flexibility index (Phi) is 7.32. The number of carbonyl (C=O) groups excluding carboxylic acids is 2. The van der Waals surface area contributed by atoms with Gasteiger partial charge in [-0.05, 0) is 45.4 Å². The molecule has 0 heterocycles. The van der Waals surface area contributed by atoms with Crippen LogP contribution in [-0.2, 0) is 9.47 Å². The predicted molar refractivity (Wildman–Crippen MR) is 87.6 cm³/mol. The number of carbonyl (C=O) groups is 2. The maximum Gasteiger partial charge on any atom is 0.407 e. The van der Waals surface area contributed by atoms with E-state index in [2.05, 4.69) is 5.32 Å². The molecule has 1 rings (SSSR count). The van der Waals surface area contributed by atoms with Gasteiger partial charge in [0, 0.05) is 6.54 Å². The second kappa shape index (κ2) is 8.77. The van der Waals surface area contributed by atoms with Crippen molar-refractivity contribution >= 4 is 12.1 Å². The van der Waals surface area contributed by atoms with E-state index < -0.39 is 35.7 Å². The van der Waals surface area contributed by atoms with Gasteiger partial charge in [0.15, 0.2) is 0 Å². The third kappa shape index (κ3) is 6.67. The third-order valence-corrected chi connectivity index (χ3v) is 3.05. The van der Waals surface area contributed by atoms with Crippen molar-refractivity contribution in [2.75, 3.05) is 13.2 Å². The van der Waals surface area contributed by atoms with Crippen LogP contribution < -0.4 is 5.32 Å². The van der Waals surface area contributed by atoms with Crippen LogP contribution in [-0.4, -0.2) is 47.1 Å². The van der Waals surface area contributed by atoms with Gasteiger partial charge in [-0.25, -0.2) is 14.0 Å². The van der Waals surface area contributed by atoms with Crippen LogP contribution in [0.1, 0.15) is 49.7 Å². The number of benzene rings is 1. The molecular weight excluding hydrogens is 333 g/mol. The number of amides is 1. The van der Waals surface area contributed by atoms with Crippen molar-refractivity contribution in [3.8, 4) is 0 Å². The van der Waals surface area contributed by atoms with Crippen LogP contribution in [0.5, 0.6) is 0 Å². The molecule has 0 bridgehead atoms. The Bertz CT molecular complexity index is 614. The summed E-state index contributed by atoms with van der Waals surface area (Å²) in [5, 5.41) is 22.5. The van der Waals surface area contributed by atoms with E-state index in [9.17, 15) is 24.2 Å². The summed E-state index contributed by atoms with van der Waals surface area (Å²) < 4.78 is 23.4. The van der Waals surface area contributed by atoms with Gasteiger partial charge in [0.1, 0.15) is 23.6 Å². The number of ether oxygens (including phenoxy) is 2. The van der Waals surface area contributed by atoms with Crippen molar-refractivity contribution in [3.63, 3.8) is 0 Å². The first-order valence-corrected chi connectivity index (χ1v) is 7.84. The molecule has 0 aliphatic heterocycles. The standard InChI is InChI=1S/C17H24FNO6/c1-5-24-15(22)11-8-10(6-7-12(11)18)14(21)13(20)9-19-16(23)25-17(2,3)4/h6-8,13-14,20-21H,5,9H2,1-4H3,(H,19,23). The Morgan fingerprint density at radius 2 is 1.92 bits per heavy atom. The van der Waals surface area contributed by atoms with E-state index >= 15 is 0 Å². The molecule has 0 aliphatic rings. The second-order valence-corrected chi connectivity index (χ2v) is 6.35. The number of aliphatic hydroxyl groups is 2. The normalized spacial score (nSPS) is 13.7. The Labute approximate surface area is 145 Å². The number of nitrogens with one attached hydrogen (secondary N) is 1. The van der Waals surface area contributed by atoms with Crippen molar-refractivity contribution in [1.29, 1.82) is 0 Å². The summed E-state index contributed by atoms with van der Waals surface area (Å²) in [4.78, 5) is 23.2. The summed E-state index contributed by atoms with van der Waals surface area (Å²) in [5.74, 6) is -1.66. The zero-order valence-corrected chi connectivity index (χ0v) is 14.7. The molecule has 0 aromatic heterocycles. The number of alkyl carbamates (subject to hydrolysis) is 1. The fourth-order valence-electron chi connectivity index (χ4n) is 1.93. The van der Waals surface area contributed by atoms with Crippen LogP contribution in [0.15, 0.2) is 18.2 Å². The van der Waals surface area contributed by atoms with Crippen molar-refractivity contribution < 1.29 is 33.7 Å². The van der Waals surface area contributed by atoms with Gasteiger partial charge in [-0.1, -0.05) is 6.07 Å². The zero-order chi connectivity index (χ0) is 19.2. The second-order valence-electron chi connectivity index (χ2n) is 6.35. The van der Waals surface area contributed by atoms with Gasteiger partial charge in [-0.3, -0.25) is 0 Å². The minimum atomic E-state index is -1.44. The number of hydrogen-bond donors (Lipinski definition) is 3. The van der Waals surface area contributed by atoms with Gasteiger partial charge in [0.05, 0.1) is 12.2 Å². The number of aliphatic hydroxyl groups excluding tert-OH is 2. The Balaban J connectivity index is 2.75. The van der Waals surface area contributed by atoms with Crippen molar-refractivity contribution in [3.05, 3.63) is 35.1 Å². The molecule has 8 heteroatoms. The summed E-state index contributed by atoms with van der Waals surface area (Å²) in [6.45, 7) is 6.43. The van der Waals surface area contributed by atoms with E-state index in [0.29, 0.717) is 0 Å². The highest BCUT2D eigenvalue weighted by Crippen LogP contribution is 2.21. The summed E-state index contributed by atoms with van der Waals surface area (Å²) >= 11 is 0. The lowest BCUT2D eigenvalue weighted by Gasteiger charge is -2.22. The van der Waals surface area contributed by atoms with Crippen LogP contribution in [0.3, 0.4) is 0 Å². The fourth-order valence-corrected chi connectivity index (χ4v) is 1.93. The molecule has 25 heavy (non-hydrogen) atoms. The van der Waals surface area contributed by atoms with Crippen molar-refractivity contribution in [2.45, 2.75) is 45.5 Å². The van der Waals surface area contributed by atoms with Crippen LogP contribution in [0, 0.1) is 5.82 Å². The quantitative estimate of drug-likeness (QED) is 0.672. The SMILES string of the molecule is CCOC(=O)c1cc(C(O)C(O)CNC(=O)OC(C)(C)C)ccc1F. The van der Waals surface area contributed by atoms with Gasteiger partial charge in [0.25, 0.3) is 0 Å². The monoisotopic (exact) mass is 357 g/mol. The number of halogens is 1. The highest BCUT2D eigenvalue weighted by atomic mass is 19.1. The minimum absolute atomic E-state index is 0.0769. The van der Waals surface area contributed by atoms with E-state index in [-0.39, 0.29) is 24.3 Å². The molecule has 0 fully saturated rings. The van der Waals surface area contributed by atoms with Gasteiger partial charge in [-0.2, -0.15) is 0 Å².